The van der Waals surface area contributed by atoms with Gasteiger partial charge >= 0.3 is 5.97 Å². The van der Waals surface area contributed by atoms with Crippen molar-refractivity contribution in [2.45, 2.75) is 57.5 Å². The standard InChI is InChI=1S/C15H24N2O2S/c1-5-12(8-7-9-14(18)19-6-2)13-10-11(3)16-15(17-13)20-4/h10,12H,5-9H2,1-4H3/t12-/m0/s1. The van der Waals surface area contributed by atoms with E-state index in [2.05, 4.69) is 23.0 Å². The summed E-state index contributed by atoms with van der Waals surface area (Å²) in [5.41, 5.74) is 2.09. The van der Waals surface area contributed by atoms with E-state index in [4.69, 9.17) is 4.74 Å². The minimum atomic E-state index is -0.106. The highest BCUT2D eigenvalue weighted by molar-refractivity contribution is 7.98. The fourth-order valence-corrected chi connectivity index (χ4v) is 2.58. The van der Waals surface area contributed by atoms with Crippen molar-refractivity contribution in [2.75, 3.05) is 12.9 Å². The van der Waals surface area contributed by atoms with Crippen LogP contribution in [0.5, 0.6) is 0 Å². The van der Waals surface area contributed by atoms with Crippen LogP contribution in [0.2, 0.25) is 0 Å². The monoisotopic (exact) mass is 296 g/mol. The number of nitrogens with zero attached hydrogens (tertiary/aromatic N) is 2. The van der Waals surface area contributed by atoms with E-state index >= 15 is 0 Å². The third-order valence-electron chi connectivity index (χ3n) is 3.19. The van der Waals surface area contributed by atoms with Crippen molar-refractivity contribution in [1.82, 2.24) is 9.97 Å². The maximum Gasteiger partial charge on any atom is 0.305 e. The summed E-state index contributed by atoms with van der Waals surface area (Å²) in [6.07, 6.45) is 5.30. The molecule has 1 rings (SSSR count). The van der Waals surface area contributed by atoms with Crippen molar-refractivity contribution in [1.29, 1.82) is 0 Å². The second kappa shape index (κ2) is 8.95. The van der Waals surface area contributed by atoms with Crippen molar-refractivity contribution < 1.29 is 9.53 Å². The van der Waals surface area contributed by atoms with Crippen molar-refractivity contribution in [3.05, 3.63) is 17.5 Å². The largest absolute Gasteiger partial charge is 0.466 e. The van der Waals surface area contributed by atoms with Crippen LogP contribution in [0, 0.1) is 6.92 Å². The predicted octanol–water partition coefficient (Wildman–Crippen LogP) is 3.73. The van der Waals surface area contributed by atoms with Crippen LogP contribution in [0.15, 0.2) is 11.2 Å². The molecule has 0 amide bonds. The van der Waals surface area contributed by atoms with Gasteiger partial charge in [0, 0.05) is 23.7 Å². The lowest BCUT2D eigenvalue weighted by atomic mass is 9.95. The zero-order valence-electron chi connectivity index (χ0n) is 12.8. The molecule has 0 unspecified atom stereocenters. The van der Waals surface area contributed by atoms with Gasteiger partial charge < -0.3 is 4.74 Å². The average molecular weight is 296 g/mol. The summed E-state index contributed by atoms with van der Waals surface area (Å²) >= 11 is 1.56. The Morgan fingerprint density at radius 3 is 2.75 bits per heavy atom. The SMILES string of the molecule is CCOC(=O)CCC[C@H](CC)c1cc(C)nc(SC)n1. The van der Waals surface area contributed by atoms with Crippen molar-refractivity contribution in [3.8, 4) is 0 Å². The Kier molecular flexibility index (Phi) is 7.59. The lowest BCUT2D eigenvalue weighted by molar-refractivity contribution is -0.143. The number of thioether (sulfide) groups is 1. The van der Waals surface area contributed by atoms with E-state index in [1.54, 1.807) is 11.8 Å². The van der Waals surface area contributed by atoms with Gasteiger partial charge in [-0.05, 0) is 45.4 Å². The third kappa shape index (κ3) is 5.49. The van der Waals surface area contributed by atoms with Gasteiger partial charge in [-0.3, -0.25) is 4.79 Å². The molecule has 0 aliphatic heterocycles. The van der Waals surface area contributed by atoms with Gasteiger partial charge in [-0.15, -0.1) is 0 Å². The number of hydrogen-bond acceptors (Lipinski definition) is 5. The Bertz CT molecular complexity index is 438. The normalized spacial score (nSPS) is 12.2. The minimum absolute atomic E-state index is 0.106. The van der Waals surface area contributed by atoms with E-state index in [0.29, 0.717) is 18.9 Å². The number of rotatable bonds is 8. The lowest BCUT2D eigenvalue weighted by Gasteiger charge is -2.15. The summed E-state index contributed by atoms with van der Waals surface area (Å²) in [6.45, 7) is 6.44. The van der Waals surface area contributed by atoms with Crippen LogP contribution in [-0.4, -0.2) is 28.8 Å². The van der Waals surface area contributed by atoms with E-state index in [9.17, 15) is 4.79 Å². The van der Waals surface area contributed by atoms with Crippen LogP contribution in [0.25, 0.3) is 0 Å². The van der Waals surface area contributed by atoms with Gasteiger partial charge in [0.25, 0.3) is 0 Å². The molecule has 0 N–H and O–H groups in total. The van der Waals surface area contributed by atoms with Crippen LogP contribution >= 0.6 is 11.8 Å². The van der Waals surface area contributed by atoms with Gasteiger partial charge in [-0.2, -0.15) is 0 Å². The second-order valence-corrected chi connectivity index (χ2v) is 5.50. The fourth-order valence-electron chi connectivity index (χ4n) is 2.15. The molecular formula is C15H24N2O2S. The molecule has 1 aromatic heterocycles. The summed E-state index contributed by atoms with van der Waals surface area (Å²) in [5, 5.41) is 0.823. The average Bonchev–Trinajstić information content (AvgIpc) is 2.43. The number of esters is 1. The Balaban J connectivity index is 2.61. The first-order chi connectivity index (χ1) is 9.60. The van der Waals surface area contributed by atoms with Gasteiger partial charge in [0.15, 0.2) is 5.16 Å². The third-order valence-corrected chi connectivity index (χ3v) is 3.73. The highest BCUT2D eigenvalue weighted by atomic mass is 32.2. The number of aromatic nitrogens is 2. The molecule has 0 fully saturated rings. The molecule has 0 radical (unpaired) electrons. The van der Waals surface area contributed by atoms with E-state index in [-0.39, 0.29) is 5.97 Å². The molecule has 0 aliphatic carbocycles. The second-order valence-electron chi connectivity index (χ2n) is 4.72. The molecule has 1 atom stereocenters. The van der Waals surface area contributed by atoms with Crippen LogP contribution < -0.4 is 0 Å². The molecule has 20 heavy (non-hydrogen) atoms. The predicted molar refractivity (Wildman–Crippen MR) is 82.1 cm³/mol. The number of carbonyl (C=O) groups is 1. The molecule has 1 heterocycles. The topological polar surface area (TPSA) is 52.1 Å². The van der Waals surface area contributed by atoms with Crippen molar-refractivity contribution in [2.24, 2.45) is 0 Å². The molecule has 0 aliphatic rings. The van der Waals surface area contributed by atoms with E-state index < -0.39 is 0 Å². The summed E-state index contributed by atoms with van der Waals surface area (Å²) in [4.78, 5) is 20.3. The van der Waals surface area contributed by atoms with Gasteiger partial charge in [0.1, 0.15) is 0 Å². The fraction of sp³-hybridized carbons (Fsp3) is 0.667. The first-order valence-electron chi connectivity index (χ1n) is 7.15. The summed E-state index contributed by atoms with van der Waals surface area (Å²) in [7, 11) is 0. The maximum atomic E-state index is 11.4. The highest BCUT2D eigenvalue weighted by Crippen LogP contribution is 2.25. The van der Waals surface area contributed by atoms with Crippen molar-refractivity contribution >= 4 is 17.7 Å². The van der Waals surface area contributed by atoms with Crippen LogP contribution in [-0.2, 0) is 9.53 Å². The quantitative estimate of drug-likeness (QED) is 0.415. The molecule has 0 aromatic carbocycles. The molecular weight excluding hydrogens is 272 g/mol. The van der Waals surface area contributed by atoms with E-state index in [1.165, 1.54) is 0 Å². The van der Waals surface area contributed by atoms with Crippen LogP contribution in [0.4, 0.5) is 0 Å². The molecule has 0 bridgehead atoms. The minimum Gasteiger partial charge on any atom is -0.466 e. The Morgan fingerprint density at radius 2 is 2.15 bits per heavy atom. The first kappa shape index (κ1) is 17.0. The summed E-state index contributed by atoms with van der Waals surface area (Å²) in [5.74, 6) is 0.281. The van der Waals surface area contributed by atoms with Gasteiger partial charge in [0.2, 0.25) is 0 Å². The Hall–Kier alpha value is -1.10. The molecule has 0 saturated heterocycles. The Morgan fingerprint density at radius 1 is 1.40 bits per heavy atom. The number of ether oxygens (including phenoxy) is 1. The Labute approximate surface area is 125 Å². The smallest absolute Gasteiger partial charge is 0.305 e. The highest BCUT2D eigenvalue weighted by Gasteiger charge is 2.14. The molecule has 5 heteroatoms. The number of hydrogen-bond donors (Lipinski definition) is 0. The number of carbonyl (C=O) groups excluding carboxylic acids is 1. The molecule has 112 valence electrons. The summed E-state index contributed by atoms with van der Waals surface area (Å²) < 4.78 is 4.95. The lowest BCUT2D eigenvalue weighted by Crippen LogP contribution is -2.07. The molecule has 4 nitrogen and oxygen atoms in total. The van der Waals surface area contributed by atoms with E-state index in [0.717, 1.165) is 35.8 Å². The first-order valence-corrected chi connectivity index (χ1v) is 8.38. The molecule has 0 saturated carbocycles. The van der Waals surface area contributed by atoms with Gasteiger partial charge in [0.05, 0.1) is 6.61 Å². The van der Waals surface area contributed by atoms with Crippen LogP contribution in [0.1, 0.15) is 56.8 Å². The van der Waals surface area contributed by atoms with Gasteiger partial charge in [-0.25, -0.2) is 9.97 Å². The molecule has 0 spiro atoms. The van der Waals surface area contributed by atoms with Gasteiger partial charge in [-0.1, -0.05) is 18.7 Å². The van der Waals surface area contributed by atoms with E-state index in [1.807, 2.05) is 20.1 Å². The number of aryl methyl sites for hydroxylation is 1. The zero-order chi connectivity index (χ0) is 15.0. The summed E-state index contributed by atoms with van der Waals surface area (Å²) in [6, 6.07) is 2.05. The van der Waals surface area contributed by atoms with Crippen molar-refractivity contribution in [3.63, 3.8) is 0 Å². The van der Waals surface area contributed by atoms with Crippen LogP contribution in [0.3, 0.4) is 0 Å². The zero-order valence-corrected chi connectivity index (χ0v) is 13.6. The maximum absolute atomic E-state index is 11.4. The molecule has 1 aromatic rings.